The molecule has 4 heteroatoms. The van der Waals surface area contributed by atoms with E-state index < -0.39 is 0 Å². The van der Waals surface area contributed by atoms with Crippen molar-refractivity contribution in [2.45, 2.75) is 44.9 Å². The molecule has 1 aromatic carbocycles. The highest BCUT2D eigenvalue weighted by molar-refractivity contribution is 5.40. The first kappa shape index (κ1) is 15.1. The van der Waals surface area contributed by atoms with E-state index in [1.54, 1.807) is 6.33 Å². The molecule has 0 amide bonds. The van der Waals surface area contributed by atoms with Crippen LogP contribution in [0.4, 0.5) is 0 Å². The van der Waals surface area contributed by atoms with Crippen molar-refractivity contribution in [2.75, 3.05) is 0 Å². The number of rotatable bonds is 5. The first-order valence-corrected chi connectivity index (χ1v) is 8.58. The van der Waals surface area contributed by atoms with E-state index in [9.17, 15) is 0 Å². The summed E-state index contributed by atoms with van der Waals surface area (Å²) in [4.78, 5) is 16.8. The van der Waals surface area contributed by atoms with Crippen molar-refractivity contribution in [3.63, 3.8) is 0 Å². The average Bonchev–Trinajstić information content (AvgIpc) is 3.31. The fraction of sp³-hybridized carbons (Fsp3) is 0.350. The van der Waals surface area contributed by atoms with Gasteiger partial charge in [-0.25, -0.2) is 15.0 Å². The Hall–Kier alpha value is -2.49. The Morgan fingerprint density at radius 1 is 1.21 bits per heavy atom. The van der Waals surface area contributed by atoms with Crippen molar-refractivity contribution in [1.82, 2.24) is 19.9 Å². The van der Waals surface area contributed by atoms with Gasteiger partial charge in [-0.3, -0.25) is 0 Å². The number of nitrogens with one attached hydrogen (secondary N) is 1. The highest BCUT2D eigenvalue weighted by atomic mass is 14.9. The SMILES string of the molecule is Cc1cccc([C@@H](Cc2ccnc(C3CC3)n2)c2cnc[nH]2)c1C. The van der Waals surface area contributed by atoms with E-state index in [4.69, 9.17) is 4.98 Å². The molecule has 1 fully saturated rings. The molecule has 2 heterocycles. The lowest BCUT2D eigenvalue weighted by Gasteiger charge is -2.19. The molecular weight excluding hydrogens is 296 g/mol. The second-order valence-corrected chi connectivity index (χ2v) is 6.73. The maximum atomic E-state index is 4.82. The van der Waals surface area contributed by atoms with Crippen molar-refractivity contribution in [3.8, 4) is 0 Å². The van der Waals surface area contributed by atoms with Crippen LogP contribution in [0.3, 0.4) is 0 Å². The summed E-state index contributed by atoms with van der Waals surface area (Å²) < 4.78 is 0. The molecule has 1 aliphatic carbocycles. The second-order valence-electron chi connectivity index (χ2n) is 6.73. The number of hydrogen-bond donors (Lipinski definition) is 1. The number of aryl methyl sites for hydroxylation is 1. The minimum atomic E-state index is 0.231. The molecule has 0 aliphatic heterocycles. The first-order valence-electron chi connectivity index (χ1n) is 8.58. The van der Waals surface area contributed by atoms with Gasteiger partial charge in [0, 0.05) is 42.0 Å². The van der Waals surface area contributed by atoms with Gasteiger partial charge >= 0.3 is 0 Å². The lowest BCUT2D eigenvalue weighted by Crippen LogP contribution is -2.10. The summed E-state index contributed by atoms with van der Waals surface area (Å²) in [5.41, 5.74) is 6.24. The van der Waals surface area contributed by atoms with Crippen LogP contribution in [0.5, 0.6) is 0 Å². The third-order valence-electron chi connectivity index (χ3n) is 5.00. The fourth-order valence-corrected chi connectivity index (χ4v) is 3.27. The molecule has 0 unspecified atom stereocenters. The van der Waals surface area contributed by atoms with Crippen LogP contribution >= 0.6 is 0 Å². The van der Waals surface area contributed by atoms with Gasteiger partial charge in [0.2, 0.25) is 0 Å². The molecule has 1 aliphatic rings. The average molecular weight is 318 g/mol. The Balaban J connectivity index is 1.71. The summed E-state index contributed by atoms with van der Waals surface area (Å²) in [7, 11) is 0. The molecule has 122 valence electrons. The monoisotopic (exact) mass is 318 g/mol. The number of hydrogen-bond acceptors (Lipinski definition) is 3. The van der Waals surface area contributed by atoms with Gasteiger partial charge in [0.25, 0.3) is 0 Å². The molecule has 1 N–H and O–H groups in total. The number of benzene rings is 1. The zero-order chi connectivity index (χ0) is 16.5. The fourth-order valence-electron chi connectivity index (χ4n) is 3.27. The lowest BCUT2D eigenvalue weighted by atomic mass is 9.87. The van der Waals surface area contributed by atoms with Crippen molar-refractivity contribution in [3.05, 3.63) is 76.9 Å². The van der Waals surface area contributed by atoms with E-state index in [1.807, 2.05) is 18.5 Å². The smallest absolute Gasteiger partial charge is 0.131 e. The van der Waals surface area contributed by atoms with Crippen LogP contribution < -0.4 is 0 Å². The molecule has 0 spiro atoms. The Kier molecular flexibility index (Phi) is 3.89. The van der Waals surface area contributed by atoms with Crippen LogP contribution in [0.2, 0.25) is 0 Å². The maximum absolute atomic E-state index is 4.82. The molecule has 1 atom stereocenters. The first-order chi connectivity index (χ1) is 11.7. The van der Waals surface area contributed by atoms with Gasteiger partial charge < -0.3 is 4.98 Å². The zero-order valence-electron chi connectivity index (χ0n) is 14.2. The van der Waals surface area contributed by atoms with Crippen LogP contribution in [0, 0.1) is 13.8 Å². The zero-order valence-corrected chi connectivity index (χ0v) is 14.2. The minimum absolute atomic E-state index is 0.231. The number of nitrogens with zero attached hydrogens (tertiary/aromatic N) is 3. The quantitative estimate of drug-likeness (QED) is 0.771. The number of imidazole rings is 1. The molecular formula is C20H22N4. The van der Waals surface area contributed by atoms with E-state index in [0.717, 1.165) is 23.6 Å². The second kappa shape index (κ2) is 6.19. The van der Waals surface area contributed by atoms with Crippen molar-refractivity contribution >= 4 is 0 Å². The Labute approximate surface area is 142 Å². The van der Waals surface area contributed by atoms with Gasteiger partial charge in [-0.15, -0.1) is 0 Å². The predicted molar refractivity (Wildman–Crippen MR) is 94.1 cm³/mol. The maximum Gasteiger partial charge on any atom is 0.131 e. The highest BCUT2D eigenvalue weighted by Crippen LogP contribution is 2.38. The van der Waals surface area contributed by atoms with Crippen LogP contribution in [0.1, 0.15) is 58.6 Å². The standard InChI is InChI=1S/C20H22N4/c1-13-4-3-5-17(14(13)2)18(19-11-21-12-23-19)10-16-8-9-22-20(24-16)15-6-7-15/h3-5,8-9,11-12,15,18H,6-7,10H2,1-2H3,(H,21,23)/t18-/m1/s1. The lowest BCUT2D eigenvalue weighted by molar-refractivity contribution is 0.740. The normalized spacial score (nSPS) is 15.4. The third kappa shape index (κ3) is 2.96. The summed E-state index contributed by atoms with van der Waals surface area (Å²) in [6.45, 7) is 4.36. The van der Waals surface area contributed by atoms with Gasteiger partial charge in [0.05, 0.1) is 6.33 Å². The Morgan fingerprint density at radius 3 is 2.83 bits per heavy atom. The molecule has 0 saturated heterocycles. The largest absolute Gasteiger partial charge is 0.348 e. The number of aromatic nitrogens is 4. The van der Waals surface area contributed by atoms with Crippen LogP contribution in [-0.4, -0.2) is 19.9 Å². The topological polar surface area (TPSA) is 54.5 Å². The molecule has 2 aromatic heterocycles. The van der Waals surface area contributed by atoms with Gasteiger partial charge in [-0.2, -0.15) is 0 Å². The van der Waals surface area contributed by atoms with Crippen LogP contribution in [0.15, 0.2) is 43.0 Å². The molecule has 1 saturated carbocycles. The third-order valence-corrected chi connectivity index (χ3v) is 5.00. The molecule has 0 bridgehead atoms. The molecule has 0 radical (unpaired) electrons. The molecule has 4 nitrogen and oxygen atoms in total. The summed E-state index contributed by atoms with van der Waals surface area (Å²) in [5.74, 6) is 1.82. The molecule has 4 rings (SSSR count). The Morgan fingerprint density at radius 2 is 2.08 bits per heavy atom. The van der Waals surface area contributed by atoms with Crippen molar-refractivity contribution in [1.29, 1.82) is 0 Å². The minimum Gasteiger partial charge on any atom is -0.348 e. The van der Waals surface area contributed by atoms with Gasteiger partial charge in [-0.05, 0) is 49.4 Å². The molecule has 3 aromatic rings. The van der Waals surface area contributed by atoms with E-state index in [-0.39, 0.29) is 5.92 Å². The Bertz CT molecular complexity index is 835. The van der Waals surface area contributed by atoms with Crippen LogP contribution in [0.25, 0.3) is 0 Å². The van der Waals surface area contributed by atoms with Crippen LogP contribution in [-0.2, 0) is 6.42 Å². The van der Waals surface area contributed by atoms with Crippen molar-refractivity contribution < 1.29 is 0 Å². The van der Waals surface area contributed by atoms with Crippen molar-refractivity contribution in [2.24, 2.45) is 0 Å². The van der Waals surface area contributed by atoms with E-state index in [2.05, 4.69) is 47.0 Å². The summed E-state index contributed by atoms with van der Waals surface area (Å²) >= 11 is 0. The number of aromatic amines is 1. The number of H-pyrrole nitrogens is 1. The van der Waals surface area contributed by atoms with E-state index in [0.29, 0.717) is 5.92 Å². The summed E-state index contributed by atoms with van der Waals surface area (Å²) in [6.07, 6.45) is 8.89. The summed E-state index contributed by atoms with van der Waals surface area (Å²) in [6, 6.07) is 8.56. The van der Waals surface area contributed by atoms with Gasteiger partial charge in [0.15, 0.2) is 0 Å². The summed E-state index contributed by atoms with van der Waals surface area (Å²) in [5, 5.41) is 0. The van der Waals surface area contributed by atoms with Gasteiger partial charge in [0.1, 0.15) is 5.82 Å². The van der Waals surface area contributed by atoms with E-state index >= 15 is 0 Å². The molecule has 24 heavy (non-hydrogen) atoms. The predicted octanol–water partition coefficient (Wildman–Crippen LogP) is 4.07. The van der Waals surface area contributed by atoms with E-state index in [1.165, 1.54) is 29.5 Å². The van der Waals surface area contributed by atoms with Gasteiger partial charge in [-0.1, -0.05) is 18.2 Å². The highest BCUT2D eigenvalue weighted by Gasteiger charge is 2.27.